The van der Waals surface area contributed by atoms with Crippen LogP contribution in [0.15, 0.2) is 18.2 Å². The number of hydrogen-bond donors (Lipinski definition) is 2. The van der Waals surface area contributed by atoms with Gasteiger partial charge in [0.1, 0.15) is 11.9 Å². The maximum atomic E-state index is 13.2. The molecule has 9 heteroatoms. The molecule has 5 nitrogen and oxygen atoms in total. The molecule has 0 spiro atoms. The SMILES string of the molecule is NC(=O)[C@@H]1CCCN1C(=O)CNc1ccc(F)c(C(F)(F)F)c1. The number of amides is 2. The first-order valence-electron chi connectivity index (χ1n) is 6.89. The van der Waals surface area contributed by atoms with Crippen molar-refractivity contribution in [3.05, 3.63) is 29.6 Å². The van der Waals surface area contributed by atoms with Gasteiger partial charge in [0.15, 0.2) is 0 Å². The largest absolute Gasteiger partial charge is 0.419 e. The topological polar surface area (TPSA) is 75.4 Å². The summed E-state index contributed by atoms with van der Waals surface area (Å²) in [7, 11) is 0. The fraction of sp³-hybridized carbons (Fsp3) is 0.429. The predicted molar refractivity (Wildman–Crippen MR) is 73.8 cm³/mol. The Morgan fingerprint density at radius 1 is 1.35 bits per heavy atom. The van der Waals surface area contributed by atoms with E-state index in [1.807, 2.05) is 0 Å². The number of nitrogens with zero attached hydrogens (tertiary/aromatic N) is 1. The number of carbonyl (C=O) groups is 2. The molecular formula is C14H15F4N3O2. The lowest BCUT2D eigenvalue weighted by atomic mass is 10.2. The molecule has 0 bridgehead atoms. The van der Waals surface area contributed by atoms with Crippen LogP contribution in [0.5, 0.6) is 0 Å². The Bertz CT molecular complexity index is 619. The minimum Gasteiger partial charge on any atom is -0.376 e. The molecule has 0 radical (unpaired) electrons. The van der Waals surface area contributed by atoms with E-state index in [9.17, 15) is 27.2 Å². The Morgan fingerprint density at radius 3 is 2.65 bits per heavy atom. The number of rotatable bonds is 4. The summed E-state index contributed by atoms with van der Waals surface area (Å²) in [5, 5.41) is 2.51. The standard InChI is InChI=1S/C14H15F4N3O2/c15-10-4-3-8(6-9(10)14(16,17)18)20-7-12(22)21-5-1-2-11(21)13(19)23/h3-4,6,11,20H,1-2,5,7H2,(H2,19,23)/t11-/m0/s1. The van der Waals surface area contributed by atoms with E-state index in [-0.39, 0.29) is 12.2 Å². The zero-order chi connectivity index (χ0) is 17.2. The third-order valence-corrected chi connectivity index (χ3v) is 3.62. The molecule has 1 aliphatic heterocycles. The number of anilines is 1. The minimum atomic E-state index is -4.82. The second-order valence-electron chi connectivity index (χ2n) is 5.19. The van der Waals surface area contributed by atoms with Crippen molar-refractivity contribution < 1.29 is 27.2 Å². The molecular weight excluding hydrogens is 318 g/mol. The Kier molecular flexibility index (Phi) is 4.76. The number of hydrogen-bond acceptors (Lipinski definition) is 3. The highest BCUT2D eigenvalue weighted by atomic mass is 19.4. The predicted octanol–water partition coefficient (Wildman–Crippen LogP) is 1.73. The van der Waals surface area contributed by atoms with Crippen molar-refractivity contribution in [1.29, 1.82) is 0 Å². The molecule has 0 unspecified atom stereocenters. The van der Waals surface area contributed by atoms with E-state index in [1.54, 1.807) is 0 Å². The zero-order valence-corrected chi connectivity index (χ0v) is 12.0. The number of carbonyl (C=O) groups excluding carboxylic acids is 2. The maximum absolute atomic E-state index is 13.2. The number of halogens is 4. The Balaban J connectivity index is 2.04. The molecule has 23 heavy (non-hydrogen) atoms. The molecule has 1 aromatic carbocycles. The second-order valence-corrected chi connectivity index (χ2v) is 5.19. The number of alkyl halides is 3. The maximum Gasteiger partial charge on any atom is 0.419 e. The van der Waals surface area contributed by atoms with Crippen LogP contribution >= 0.6 is 0 Å². The van der Waals surface area contributed by atoms with E-state index in [4.69, 9.17) is 5.73 Å². The lowest BCUT2D eigenvalue weighted by molar-refractivity contribution is -0.140. The number of primary amides is 1. The summed E-state index contributed by atoms with van der Waals surface area (Å²) in [6.07, 6.45) is -3.72. The van der Waals surface area contributed by atoms with Gasteiger partial charge in [0.05, 0.1) is 12.1 Å². The van der Waals surface area contributed by atoms with Crippen LogP contribution in [0, 0.1) is 5.82 Å². The van der Waals surface area contributed by atoms with Gasteiger partial charge in [-0.3, -0.25) is 9.59 Å². The van der Waals surface area contributed by atoms with E-state index in [0.29, 0.717) is 31.5 Å². The summed E-state index contributed by atoms with van der Waals surface area (Å²) >= 11 is 0. The fourth-order valence-electron chi connectivity index (χ4n) is 2.49. The van der Waals surface area contributed by atoms with Crippen molar-refractivity contribution >= 4 is 17.5 Å². The van der Waals surface area contributed by atoms with Gasteiger partial charge in [0.25, 0.3) is 0 Å². The summed E-state index contributed by atoms with van der Waals surface area (Å²) in [6, 6.07) is 1.69. The van der Waals surface area contributed by atoms with Crippen LogP contribution in [0.4, 0.5) is 23.2 Å². The van der Waals surface area contributed by atoms with Gasteiger partial charge in [0.2, 0.25) is 11.8 Å². The molecule has 1 saturated heterocycles. The Morgan fingerprint density at radius 2 is 2.04 bits per heavy atom. The molecule has 2 rings (SSSR count). The quantitative estimate of drug-likeness (QED) is 0.824. The van der Waals surface area contributed by atoms with Crippen LogP contribution in [0.3, 0.4) is 0 Å². The molecule has 1 heterocycles. The third-order valence-electron chi connectivity index (χ3n) is 3.62. The Labute approximate surface area is 129 Å². The van der Waals surface area contributed by atoms with Crippen molar-refractivity contribution in [3.8, 4) is 0 Å². The number of nitrogens with two attached hydrogens (primary N) is 1. The summed E-state index contributed by atoms with van der Waals surface area (Å²) in [4.78, 5) is 24.6. The molecule has 126 valence electrons. The van der Waals surface area contributed by atoms with Crippen LogP contribution in [0.1, 0.15) is 18.4 Å². The van der Waals surface area contributed by atoms with E-state index < -0.39 is 35.4 Å². The Hall–Kier alpha value is -2.32. The number of benzene rings is 1. The van der Waals surface area contributed by atoms with E-state index >= 15 is 0 Å². The van der Waals surface area contributed by atoms with Crippen LogP contribution in [-0.2, 0) is 15.8 Å². The van der Waals surface area contributed by atoms with Crippen molar-refractivity contribution in [2.24, 2.45) is 5.73 Å². The van der Waals surface area contributed by atoms with Gasteiger partial charge in [-0.05, 0) is 31.0 Å². The van der Waals surface area contributed by atoms with Crippen LogP contribution in [-0.4, -0.2) is 35.8 Å². The lowest BCUT2D eigenvalue weighted by Crippen LogP contribution is -2.45. The highest BCUT2D eigenvalue weighted by molar-refractivity contribution is 5.89. The van der Waals surface area contributed by atoms with Crippen molar-refractivity contribution in [2.45, 2.75) is 25.1 Å². The molecule has 1 atom stereocenters. The van der Waals surface area contributed by atoms with Gasteiger partial charge in [-0.15, -0.1) is 0 Å². The summed E-state index contributed by atoms with van der Waals surface area (Å²) in [6.45, 7) is 0.0536. The number of nitrogens with one attached hydrogen (secondary N) is 1. The van der Waals surface area contributed by atoms with Gasteiger partial charge in [-0.1, -0.05) is 0 Å². The monoisotopic (exact) mass is 333 g/mol. The first kappa shape index (κ1) is 17.0. The zero-order valence-electron chi connectivity index (χ0n) is 12.0. The van der Waals surface area contributed by atoms with Crippen molar-refractivity contribution in [1.82, 2.24) is 4.90 Å². The van der Waals surface area contributed by atoms with E-state index in [2.05, 4.69) is 5.32 Å². The fourth-order valence-corrected chi connectivity index (χ4v) is 2.49. The molecule has 1 aromatic rings. The molecule has 0 aliphatic carbocycles. The summed E-state index contributed by atoms with van der Waals surface area (Å²) < 4.78 is 51.0. The smallest absolute Gasteiger partial charge is 0.376 e. The van der Waals surface area contributed by atoms with Crippen LogP contribution in [0.2, 0.25) is 0 Å². The normalized spacial score (nSPS) is 18.1. The average Bonchev–Trinajstić information content (AvgIpc) is 2.94. The summed E-state index contributed by atoms with van der Waals surface area (Å²) in [5.41, 5.74) is 3.75. The highest BCUT2D eigenvalue weighted by Gasteiger charge is 2.35. The first-order chi connectivity index (χ1) is 10.7. The van der Waals surface area contributed by atoms with Gasteiger partial charge < -0.3 is 16.0 Å². The minimum absolute atomic E-state index is 0.0399. The van der Waals surface area contributed by atoms with Gasteiger partial charge >= 0.3 is 6.18 Å². The van der Waals surface area contributed by atoms with Crippen LogP contribution < -0.4 is 11.1 Å². The average molecular weight is 333 g/mol. The molecule has 1 aliphatic rings. The van der Waals surface area contributed by atoms with Gasteiger partial charge in [-0.25, -0.2) is 4.39 Å². The molecule has 0 saturated carbocycles. The summed E-state index contributed by atoms with van der Waals surface area (Å²) in [5.74, 6) is -2.45. The molecule has 1 fully saturated rings. The van der Waals surface area contributed by atoms with E-state index in [1.165, 1.54) is 4.90 Å². The molecule has 3 N–H and O–H groups in total. The molecule has 0 aromatic heterocycles. The third kappa shape index (κ3) is 3.91. The second kappa shape index (κ2) is 6.43. The van der Waals surface area contributed by atoms with Crippen molar-refractivity contribution in [2.75, 3.05) is 18.4 Å². The van der Waals surface area contributed by atoms with E-state index in [0.717, 1.165) is 6.07 Å². The lowest BCUT2D eigenvalue weighted by Gasteiger charge is -2.22. The van der Waals surface area contributed by atoms with Gasteiger partial charge in [-0.2, -0.15) is 13.2 Å². The van der Waals surface area contributed by atoms with Gasteiger partial charge in [0, 0.05) is 12.2 Å². The molecule has 2 amide bonds. The van der Waals surface area contributed by atoms with Crippen LogP contribution in [0.25, 0.3) is 0 Å². The first-order valence-corrected chi connectivity index (χ1v) is 6.89. The number of likely N-dealkylation sites (tertiary alicyclic amines) is 1. The van der Waals surface area contributed by atoms with Crippen molar-refractivity contribution in [3.63, 3.8) is 0 Å². The highest BCUT2D eigenvalue weighted by Crippen LogP contribution is 2.33.